The monoisotopic (exact) mass is 463 g/mol. The number of sulfonamides is 1. The van der Waals surface area contributed by atoms with E-state index in [0.717, 1.165) is 41.6 Å². The van der Waals surface area contributed by atoms with E-state index in [1.54, 1.807) is 17.0 Å². The first-order valence-electron chi connectivity index (χ1n) is 10.0. The van der Waals surface area contributed by atoms with E-state index in [1.165, 1.54) is 24.6 Å². The van der Waals surface area contributed by atoms with Crippen molar-refractivity contribution in [1.82, 2.24) is 9.80 Å². The summed E-state index contributed by atoms with van der Waals surface area (Å²) in [6.45, 7) is 4.96. The van der Waals surface area contributed by atoms with Crippen molar-refractivity contribution < 1.29 is 18.0 Å². The topological polar surface area (TPSA) is 78.0 Å². The summed E-state index contributed by atoms with van der Waals surface area (Å²) in [7, 11) is -3.73. The molecule has 1 saturated heterocycles. The van der Waals surface area contributed by atoms with Gasteiger partial charge in [-0.3, -0.25) is 14.5 Å². The summed E-state index contributed by atoms with van der Waals surface area (Å²) in [6.07, 6.45) is 1.90. The van der Waals surface area contributed by atoms with E-state index in [-0.39, 0.29) is 11.6 Å². The number of amides is 2. The number of nitrogens with zero attached hydrogens (tertiary/aromatic N) is 3. The highest BCUT2D eigenvalue weighted by molar-refractivity contribution is 7.92. The number of anilines is 1. The third kappa shape index (κ3) is 6.06. The quantitative estimate of drug-likeness (QED) is 0.658. The smallest absolute Gasteiger partial charge is 0.253 e. The normalized spacial score (nSPS) is 15.0. The minimum absolute atomic E-state index is 0.0994. The standard InChI is InChI=1S/C22H26ClN3O4S/c1-17(27)26(31(2,29)30)21-9-5-19(6-10-21)22(28)25-15-13-24(14-16-25)12-11-18-3-7-20(23)8-4-18/h3-10H,11-16H2,1-2H3. The van der Waals surface area contributed by atoms with Crippen LogP contribution in [0.5, 0.6) is 0 Å². The highest BCUT2D eigenvalue weighted by Gasteiger charge is 2.24. The molecule has 0 aromatic heterocycles. The van der Waals surface area contributed by atoms with Crippen LogP contribution in [0.2, 0.25) is 5.02 Å². The number of carbonyl (C=O) groups excluding carboxylic acids is 2. The Kier molecular flexibility index (Phi) is 7.35. The number of halogens is 1. The molecule has 2 aromatic carbocycles. The maximum Gasteiger partial charge on any atom is 0.253 e. The van der Waals surface area contributed by atoms with Crippen LogP contribution in [-0.4, -0.2) is 69.0 Å². The SMILES string of the molecule is CC(=O)N(c1ccc(C(=O)N2CCN(CCc3ccc(Cl)cc3)CC2)cc1)S(C)(=O)=O. The lowest BCUT2D eigenvalue weighted by Gasteiger charge is -2.34. The van der Waals surface area contributed by atoms with Crippen LogP contribution in [0.3, 0.4) is 0 Å². The van der Waals surface area contributed by atoms with Gasteiger partial charge in [-0.15, -0.1) is 0 Å². The van der Waals surface area contributed by atoms with E-state index in [1.807, 2.05) is 24.3 Å². The fourth-order valence-corrected chi connectivity index (χ4v) is 4.74. The largest absolute Gasteiger partial charge is 0.336 e. The molecule has 1 fully saturated rings. The van der Waals surface area contributed by atoms with Gasteiger partial charge in [-0.25, -0.2) is 12.7 Å². The molecule has 3 rings (SSSR count). The summed E-state index contributed by atoms with van der Waals surface area (Å²) in [6, 6.07) is 13.9. The van der Waals surface area contributed by atoms with Crippen molar-refractivity contribution in [3.63, 3.8) is 0 Å². The van der Waals surface area contributed by atoms with Crippen LogP contribution in [0.1, 0.15) is 22.8 Å². The lowest BCUT2D eigenvalue weighted by atomic mass is 10.1. The summed E-state index contributed by atoms with van der Waals surface area (Å²) in [5.41, 5.74) is 1.92. The summed E-state index contributed by atoms with van der Waals surface area (Å²) >= 11 is 5.92. The highest BCUT2D eigenvalue weighted by Crippen LogP contribution is 2.20. The van der Waals surface area contributed by atoms with E-state index in [4.69, 9.17) is 11.6 Å². The van der Waals surface area contributed by atoms with E-state index >= 15 is 0 Å². The van der Waals surface area contributed by atoms with Gasteiger partial charge in [0.2, 0.25) is 15.9 Å². The van der Waals surface area contributed by atoms with Crippen LogP contribution < -0.4 is 4.31 Å². The predicted octanol–water partition coefficient (Wildman–Crippen LogP) is 2.65. The minimum Gasteiger partial charge on any atom is -0.336 e. The molecule has 0 bridgehead atoms. The molecule has 0 spiro atoms. The molecule has 166 valence electrons. The van der Waals surface area contributed by atoms with Crippen LogP contribution >= 0.6 is 11.6 Å². The molecule has 1 aliphatic heterocycles. The first kappa shape index (κ1) is 23.2. The maximum absolute atomic E-state index is 12.8. The van der Waals surface area contributed by atoms with Gasteiger partial charge in [0.1, 0.15) is 0 Å². The van der Waals surface area contributed by atoms with Gasteiger partial charge >= 0.3 is 0 Å². The summed E-state index contributed by atoms with van der Waals surface area (Å²) < 4.78 is 24.4. The fraction of sp³-hybridized carbons (Fsp3) is 0.364. The summed E-state index contributed by atoms with van der Waals surface area (Å²) in [5, 5.41) is 0.731. The number of hydrogen-bond donors (Lipinski definition) is 0. The molecule has 2 amide bonds. The number of hydrogen-bond acceptors (Lipinski definition) is 5. The Labute approximate surface area is 188 Å². The number of piperazine rings is 1. The zero-order valence-corrected chi connectivity index (χ0v) is 19.2. The lowest BCUT2D eigenvalue weighted by molar-refractivity contribution is -0.115. The predicted molar refractivity (Wildman–Crippen MR) is 122 cm³/mol. The van der Waals surface area contributed by atoms with Crippen LogP contribution in [0, 0.1) is 0 Å². The lowest BCUT2D eigenvalue weighted by Crippen LogP contribution is -2.49. The van der Waals surface area contributed by atoms with Crippen LogP contribution in [0.15, 0.2) is 48.5 Å². The molecule has 1 aliphatic rings. The Hall–Kier alpha value is -2.42. The molecule has 7 nitrogen and oxygen atoms in total. The molecular weight excluding hydrogens is 438 g/mol. The van der Waals surface area contributed by atoms with E-state index in [0.29, 0.717) is 18.7 Å². The van der Waals surface area contributed by atoms with Gasteiger partial charge in [-0.1, -0.05) is 23.7 Å². The Bertz CT molecular complexity index is 1030. The van der Waals surface area contributed by atoms with Crippen molar-refractivity contribution in [1.29, 1.82) is 0 Å². The second-order valence-corrected chi connectivity index (χ2v) is 9.87. The molecule has 0 aliphatic carbocycles. The molecule has 9 heteroatoms. The van der Waals surface area contributed by atoms with Crippen molar-refractivity contribution in [3.8, 4) is 0 Å². The molecule has 31 heavy (non-hydrogen) atoms. The molecule has 0 saturated carbocycles. The van der Waals surface area contributed by atoms with E-state index in [9.17, 15) is 18.0 Å². The Balaban J connectivity index is 1.55. The van der Waals surface area contributed by atoms with Gasteiger partial charge in [0.15, 0.2) is 0 Å². The minimum atomic E-state index is -3.73. The van der Waals surface area contributed by atoms with Crippen LogP contribution in [-0.2, 0) is 21.2 Å². The van der Waals surface area contributed by atoms with Gasteiger partial charge in [0.05, 0.1) is 11.9 Å². The molecule has 0 radical (unpaired) electrons. The second kappa shape index (κ2) is 9.80. The summed E-state index contributed by atoms with van der Waals surface area (Å²) in [4.78, 5) is 28.7. The molecule has 0 N–H and O–H groups in total. The summed E-state index contributed by atoms with van der Waals surface area (Å²) in [5.74, 6) is -0.700. The highest BCUT2D eigenvalue weighted by atomic mass is 35.5. The van der Waals surface area contributed by atoms with Crippen molar-refractivity contribution >= 4 is 39.1 Å². The van der Waals surface area contributed by atoms with Gasteiger partial charge in [0, 0.05) is 50.2 Å². The third-order valence-electron chi connectivity index (χ3n) is 5.26. The van der Waals surface area contributed by atoms with Gasteiger partial charge in [0.25, 0.3) is 5.91 Å². The van der Waals surface area contributed by atoms with Gasteiger partial charge < -0.3 is 4.90 Å². The average molecular weight is 464 g/mol. The van der Waals surface area contributed by atoms with E-state index < -0.39 is 15.9 Å². The zero-order valence-electron chi connectivity index (χ0n) is 17.6. The molecule has 1 heterocycles. The van der Waals surface area contributed by atoms with Gasteiger partial charge in [-0.05, 0) is 48.4 Å². The number of rotatable bonds is 6. The number of carbonyl (C=O) groups is 2. The first-order valence-corrected chi connectivity index (χ1v) is 12.2. The van der Waals surface area contributed by atoms with Gasteiger partial charge in [-0.2, -0.15) is 0 Å². The van der Waals surface area contributed by atoms with Crippen molar-refractivity contribution in [2.24, 2.45) is 0 Å². The average Bonchev–Trinajstić information content (AvgIpc) is 2.72. The molecule has 0 atom stereocenters. The van der Waals surface area contributed by atoms with Crippen LogP contribution in [0.25, 0.3) is 0 Å². The maximum atomic E-state index is 12.8. The van der Waals surface area contributed by atoms with Crippen molar-refractivity contribution in [3.05, 3.63) is 64.7 Å². The molecular formula is C22H26ClN3O4S. The Morgan fingerprint density at radius 2 is 1.55 bits per heavy atom. The fourth-order valence-electron chi connectivity index (χ4n) is 3.64. The molecule has 2 aromatic rings. The first-order chi connectivity index (χ1) is 14.6. The Morgan fingerprint density at radius 1 is 0.968 bits per heavy atom. The van der Waals surface area contributed by atoms with Crippen molar-refractivity contribution in [2.45, 2.75) is 13.3 Å². The van der Waals surface area contributed by atoms with Crippen molar-refractivity contribution in [2.75, 3.05) is 43.3 Å². The zero-order chi connectivity index (χ0) is 22.6. The van der Waals surface area contributed by atoms with Crippen LogP contribution in [0.4, 0.5) is 5.69 Å². The Morgan fingerprint density at radius 3 is 2.06 bits per heavy atom. The second-order valence-electron chi connectivity index (χ2n) is 7.60. The molecule has 0 unspecified atom stereocenters. The van der Waals surface area contributed by atoms with E-state index in [2.05, 4.69) is 4.90 Å². The third-order valence-corrected chi connectivity index (χ3v) is 6.64. The number of benzene rings is 2.